The van der Waals surface area contributed by atoms with Gasteiger partial charge in [0.2, 0.25) is 0 Å². The van der Waals surface area contributed by atoms with Crippen molar-refractivity contribution in [2.24, 2.45) is 0 Å². The SMILES string of the molecule is Cc1ccc(NS(=O)(=O)c2cccc(C(=O)Nc3ccc(F)c(F)c3)c2)cc1. The van der Waals surface area contributed by atoms with Crippen molar-refractivity contribution >= 4 is 27.3 Å². The molecule has 0 spiro atoms. The number of sulfonamides is 1. The first-order valence-corrected chi connectivity index (χ1v) is 9.69. The molecule has 0 unspecified atom stereocenters. The van der Waals surface area contributed by atoms with Crippen LogP contribution in [-0.4, -0.2) is 14.3 Å². The van der Waals surface area contributed by atoms with Crippen LogP contribution in [0.2, 0.25) is 0 Å². The van der Waals surface area contributed by atoms with Gasteiger partial charge in [-0.05, 0) is 49.4 Å². The van der Waals surface area contributed by atoms with Crippen LogP contribution in [0.4, 0.5) is 20.2 Å². The van der Waals surface area contributed by atoms with Gasteiger partial charge in [-0.2, -0.15) is 0 Å². The molecule has 0 radical (unpaired) electrons. The average molecular weight is 402 g/mol. The molecule has 0 heterocycles. The number of rotatable bonds is 5. The van der Waals surface area contributed by atoms with E-state index < -0.39 is 27.6 Å². The van der Waals surface area contributed by atoms with Crippen LogP contribution in [0.5, 0.6) is 0 Å². The van der Waals surface area contributed by atoms with E-state index >= 15 is 0 Å². The lowest BCUT2D eigenvalue weighted by Crippen LogP contribution is -2.16. The normalized spacial score (nSPS) is 11.1. The molecule has 0 aromatic heterocycles. The number of hydrogen-bond donors (Lipinski definition) is 2. The number of carbonyl (C=O) groups excluding carboxylic acids is 1. The summed E-state index contributed by atoms with van der Waals surface area (Å²) in [7, 11) is -3.91. The van der Waals surface area contributed by atoms with Crippen LogP contribution in [0.15, 0.2) is 71.6 Å². The highest BCUT2D eigenvalue weighted by atomic mass is 32.2. The van der Waals surface area contributed by atoms with Gasteiger partial charge in [0, 0.05) is 23.0 Å². The Morgan fingerprint density at radius 3 is 2.21 bits per heavy atom. The topological polar surface area (TPSA) is 75.3 Å². The van der Waals surface area contributed by atoms with Gasteiger partial charge in [-0.1, -0.05) is 23.8 Å². The van der Waals surface area contributed by atoms with Crippen LogP contribution < -0.4 is 10.0 Å². The molecule has 3 rings (SSSR count). The molecule has 0 bridgehead atoms. The minimum Gasteiger partial charge on any atom is -0.322 e. The molecule has 144 valence electrons. The molecule has 0 aliphatic carbocycles. The van der Waals surface area contributed by atoms with Crippen molar-refractivity contribution in [2.45, 2.75) is 11.8 Å². The summed E-state index contributed by atoms with van der Waals surface area (Å²) in [6, 6.07) is 15.1. The molecule has 3 aromatic rings. The minimum absolute atomic E-state index is 0.0509. The van der Waals surface area contributed by atoms with Gasteiger partial charge in [0.25, 0.3) is 15.9 Å². The van der Waals surface area contributed by atoms with Gasteiger partial charge in [-0.25, -0.2) is 17.2 Å². The number of carbonyl (C=O) groups is 1. The zero-order valence-corrected chi connectivity index (χ0v) is 15.6. The fourth-order valence-electron chi connectivity index (χ4n) is 2.42. The molecule has 5 nitrogen and oxygen atoms in total. The van der Waals surface area contributed by atoms with Gasteiger partial charge < -0.3 is 5.32 Å². The first kappa shape index (κ1) is 19.5. The highest BCUT2D eigenvalue weighted by Crippen LogP contribution is 2.19. The third-order valence-electron chi connectivity index (χ3n) is 3.89. The van der Waals surface area contributed by atoms with E-state index in [9.17, 15) is 22.0 Å². The number of amides is 1. The minimum atomic E-state index is -3.91. The summed E-state index contributed by atoms with van der Waals surface area (Å²) in [5, 5.41) is 2.40. The predicted molar refractivity (Wildman–Crippen MR) is 103 cm³/mol. The molecule has 8 heteroatoms. The van der Waals surface area contributed by atoms with E-state index in [0.717, 1.165) is 17.7 Å². The Morgan fingerprint density at radius 2 is 1.54 bits per heavy atom. The quantitative estimate of drug-likeness (QED) is 0.667. The van der Waals surface area contributed by atoms with Gasteiger partial charge in [-0.15, -0.1) is 0 Å². The van der Waals surface area contributed by atoms with Crippen molar-refractivity contribution < 1.29 is 22.0 Å². The van der Waals surface area contributed by atoms with Gasteiger partial charge in [0.05, 0.1) is 4.90 Å². The standard InChI is InChI=1S/C20H16F2N2O3S/c1-13-5-7-15(8-6-13)24-28(26,27)17-4-2-3-14(11-17)20(25)23-16-9-10-18(21)19(22)12-16/h2-12,24H,1H3,(H,23,25). The lowest BCUT2D eigenvalue weighted by atomic mass is 10.2. The summed E-state index contributed by atoms with van der Waals surface area (Å²) in [5.74, 6) is -2.79. The van der Waals surface area contributed by atoms with Gasteiger partial charge >= 0.3 is 0 Å². The molecule has 1 amide bonds. The molecule has 0 saturated heterocycles. The Labute approximate surface area is 161 Å². The van der Waals surface area contributed by atoms with E-state index in [0.29, 0.717) is 5.69 Å². The summed E-state index contributed by atoms with van der Waals surface area (Å²) in [6.45, 7) is 1.88. The predicted octanol–water partition coefficient (Wildman–Crippen LogP) is 4.33. The largest absolute Gasteiger partial charge is 0.322 e. The first-order chi connectivity index (χ1) is 13.2. The molecule has 0 aliphatic heterocycles. The third kappa shape index (κ3) is 4.52. The molecule has 3 aromatic carbocycles. The van der Waals surface area contributed by atoms with E-state index in [4.69, 9.17) is 0 Å². The second kappa shape index (κ2) is 7.77. The van der Waals surface area contributed by atoms with Crippen molar-refractivity contribution in [1.82, 2.24) is 0 Å². The third-order valence-corrected chi connectivity index (χ3v) is 5.27. The summed E-state index contributed by atoms with van der Waals surface area (Å²) in [6.07, 6.45) is 0. The number of hydrogen-bond acceptors (Lipinski definition) is 3. The molecule has 28 heavy (non-hydrogen) atoms. The number of anilines is 2. The summed E-state index contributed by atoms with van der Waals surface area (Å²) in [5.41, 5.74) is 1.48. The van der Waals surface area contributed by atoms with Crippen LogP contribution in [-0.2, 0) is 10.0 Å². The summed E-state index contributed by atoms with van der Waals surface area (Å²) in [4.78, 5) is 12.2. The lowest BCUT2D eigenvalue weighted by molar-refractivity contribution is 0.102. The first-order valence-electron chi connectivity index (χ1n) is 8.20. The Kier molecular flexibility index (Phi) is 5.41. The van der Waals surface area contributed by atoms with Crippen LogP contribution >= 0.6 is 0 Å². The van der Waals surface area contributed by atoms with Crippen molar-refractivity contribution in [3.8, 4) is 0 Å². The molecule has 0 saturated carbocycles. The maximum absolute atomic E-state index is 13.3. The molecule has 0 fully saturated rings. The molecule has 0 atom stereocenters. The van der Waals surface area contributed by atoms with Gasteiger partial charge in [0.1, 0.15) is 0 Å². The van der Waals surface area contributed by atoms with Crippen molar-refractivity contribution in [3.63, 3.8) is 0 Å². The number of nitrogens with one attached hydrogen (secondary N) is 2. The van der Waals surface area contributed by atoms with E-state index in [1.807, 2.05) is 6.92 Å². The van der Waals surface area contributed by atoms with Crippen LogP contribution in [0.3, 0.4) is 0 Å². The molecule has 0 aliphatic rings. The monoisotopic (exact) mass is 402 g/mol. The van der Waals surface area contributed by atoms with E-state index in [1.54, 1.807) is 24.3 Å². The van der Waals surface area contributed by atoms with Crippen LogP contribution in [0.1, 0.15) is 15.9 Å². The van der Waals surface area contributed by atoms with E-state index in [-0.39, 0.29) is 16.1 Å². The maximum Gasteiger partial charge on any atom is 0.261 e. The number of aryl methyl sites for hydroxylation is 1. The summed E-state index contributed by atoms with van der Waals surface area (Å²) >= 11 is 0. The average Bonchev–Trinajstić information content (AvgIpc) is 2.66. The second-order valence-corrected chi connectivity index (χ2v) is 7.76. The Balaban J connectivity index is 1.81. The highest BCUT2D eigenvalue weighted by molar-refractivity contribution is 7.92. The van der Waals surface area contributed by atoms with Crippen molar-refractivity contribution in [1.29, 1.82) is 0 Å². The Hall–Kier alpha value is -3.26. The second-order valence-electron chi connectivity index (χ2n) is 6.08. The number of benzene rings is 3. The molecular weight excluding hydrogens is 386 g/mol. The van der Waals surface area contributed by atoms with E-state index in [2.05, 4.69) is 10.0 Å². The maximum atomic E-state index is 13.3. The fraction of sp³-hybridized carbons (Fsp3) is 0.0500. The van der Waals surface area contributed by atoms with Gasteiger partial charge in [-0.3, -0.25) is 9.52 Å². The van der Waals surface area contributed by atoms with Crippen molar-refractivity contribution in [2.75, 3.05) is 10.0 Å². The zero-order valence-electron chi connectivity index (χ0n) is 14.7. The van der Waals surface area contributed by atoms with E-state index in [1.165, 1.54) is 30.3 Å². The zero-order chi connectivity index (χ0) is 20.3. The van der Waals surface area contributed by atoms with Crippen LogP contribution in [0, 0.1) is 18.6 Å². The van der Waals surface area contributed by atoms with Crippen LogP contribution in [0.25, 0.3) is 0 Å². The smallest absolute Gasteiger partial charge is 0.261 e. The molecule has 2 N–H and O–H groups in total. The Bertz CT molecular complexity index is 1130. The lowest BCUT2D eigenvalue weighted by Gasteiger charge is -2.10. The fourth-order valence-corrected chi connectivity index (χ4v) is 3.52. The highest BCUT2D eigenvalue weighted by Gasteiger charge is 2.17. The van der Waals surface area contributed by atoms with Gasteiger partial charge in [0.15, 0.2) is 11.6 Å². The Morgan fingerprint density at radius 1 is 0.857 bits per heavy atom. The molecular formula is C20H16F2N2O3S. The van der Waals surface area contributed by atoms with Crippen molar-refractivity contribution in [3.05, 3.63) is 89.5 Å². The number of halogens is 2. The summed E-state index contributed by atoms with van der Waals surface area (Å²) < 4.78 is 53.8.